The third-order valence-corrected chi connectivity index (χ3v) is 4.97. The van der Waals surface area contributed by atoms with Crippen LogP contribution in [0.3, 0.4) is 0 Å². The Morgan fingerprint density at radius 1 is 1.09 bits per heavy atom. The number of aromatic nitrogens is 2. The van der Waals surface area contributed by atoms with Gasteiger partial charge in [-0.3, -0.25) is 4.57 Å². The number of nitrogens with one attached hydrogen (secondary N) is 1. The summed E-state index contributed by atoms with van der Waals surface area (Å²) in [6.45, 7) is 1.45. The smallest absolute Gasteiger partial charge is 0.352 e. The lowest BCUT2D eigenvalue weighted by Crippen LogP contribution is -2.28. The Labute approximate surface area is 182 Å². The first kappa shape index (κ1) is 21.3. The number of nitrogens with zero attached hydrogens (tertiary/aromatic N) is 3. The minimum atomic E-state index is -0.780. The van der Waals surface area contributed by atoms with Crippen molar-refractivity contribution in [2.75, 3.05) is 11.9 Å². The van der Waals surface area contributed by atoms with Crippen LogP contribution in [-0.4, -0.2) is 16.1 Å². The zero-order valence-corrected chi connectivity index (χ0v) is 17.1. The molecule has 164 valence electrons. The van der Waals surface area contributed by atoms with Gasteiger partial charge in [0.1, 0.15) is 41.6 Å². The third-order valence-electron chi connectivity index (χ3n) is 4.97. The lowest BCUT2D eigenvalue weighted by atomic mass is 10.1. The number of anilines is 1. The molecule has 0 fully saturated rings. The van der Waals surface area contributed by atoms with E-state index in [0.717, 1.165) is 44.0 Å². The van der Waals surface area contributed by atoms with Gasteiger partial charge in [-0.2, -0.15) is 10.2 Å². The first-order valence-electron chi connectivity index (χ1n) is 10.2. The predicted octanol–water partition coefficient (Wildman–Crippen LogP) is 4.36. The standard InChI is InChI=1S/C23H20F2N4O3/c24-17-9-18(25)11-19(10-17)32-20-5-4-15(8-16(20)13-26)14-31-22-12-21-27-6-2-1-3-7-29(21)23(30)28-22/h4-5,8-12,27H,1-3,6-7,14H2. The van der Waals surface area contributed by atoms with Gasteiger partial charge in [0.15, 0.2) is 0 Å². The van der Waals surface area contributed by atoms with Gasteiger partial charge >= 0.3 is 5.69 Å². The van der Waals surface area contributed by atoms with E-state index in [-0.39, 0.29) is 35.2 Å². The second-order valence-electron chi connectivity index (χ2n) is 7.34. The fourth-order valence-electron chi connectivity index (χ4n) is 3.42. The zero-order chi connectivity index (χ0) is 22.5. The van der Waals surface area contributed by atoms with Crippen molar-refractivity contribution in [3.05, 3.63) is 75.7 Å². The van der Waals surface area contributed by atoms with Gasteiger partial charge in [-0.15, -0.1) is 0 Å². The zero-order valence-electron chi connectivity index (χ0n) is 17.1. The predicted molar refractivity (Wildman–Crippen MR) is 113 cm³/mol. The van der Waals surface area contributed by atoms with Crippen LogP contribution in [0.4, 0.5) is 14.6 Å². The summed E-state index contributed by atoms with van der Waals surface area (Å²) in [5, 5.41) is 12.7. The number of rotatable bonds is 5. The van der Waals surface area contributed by atoms with Crippen LogP contribution < -0.4 is 20.5 Å². The molecule has 7 nitrogen and oxygen atoms in total. The number of ether oxygens (including phenoxy) is 2. The van der Waals surface area contributed by atoms with Crippen LogP contribution in [0.2, 0.25) is 0 Å². The highest BCUT2D eigenvalue weighted by Gasteiger charge is 2.13. The number of hydrogen-bond acceptors (Lipinski definition) is 6. The Morgan fingerprint density at radius 2 is 1.91 bits per heavy atom. The first-order valence-corrected chi connectivity index (χ1v) is 10.2. The molecule has 0 radical (unpaired) electrons. The number of benzene rings is 2. The second kappa shape index (κ2) is 9.47. The molecule has 2 heterocycles. The van der Waals surface area contributed by atoms with E-state index in [9.17, 15) is 18.8 Å². The first-order chi connectivity index (χ1) is 15.5. The summed E-state index contributed by atoms with van der Waals surface area (Å²) < 4.78 is 39.5. The summed E-state index contributed by atoms with van der Waals surface area (Å²) in [6, 6.07) is 11.2. The maximum atomic E-state index is 13.4. The van der Waals surface area contributed by atoms with Gasteiger partial charge in [0, 0.05) is 37.4 Å². The van der Waals surface area contributed by atoms with Crippen molar-refractivity contribution in [1.82, 2.24) is 9.55 Å². The second-order valence-corrected chi connectivity index (χ2v) is 7.34. The molecule has 0 atom stereocenters. The molecule has 0 aliphatic carbocycles. The summed E-state index contributed by atoms with van der Waals surface area (Å²) in [7, 11) is 0. The topological polar surface area (TPSA) is 89.2 Å². The number of nitriles is 1. The maximum absolute atomic E-state index is 13.4. The summed E-state index contributed by atoms with van der Waals surface area (Å²) in [6.07, 6.45) is 3.00. The quantitative estimate of drug-likeness (QED) is 0.637. The van der Waals surface area contributed by atoms with Crippen LogP contribution in [-0.2, 0) is 13.2 Å². The minimum Gasteiger partial charge on any atom is -0.473 e. The van der Waals surface area contributed by atoms with Gasteiger partial charge in [-0.1, -0.05) is 6.07 Å². The van der Waals surface area contributed by atoms with Crippen molar-refractivity contribution in [2.24, 2.45) is 0 Å². The Morgan fingerprint density at radius 3 is 2.69 bits per heavy atom. The molecule has 32 heavy (non-hydrogen) atoms. The average Bonchev–Trinajstić information content (AvgIpc) is 2.73. The van der Waals surface area contributed by atoms with Gasteiger partial charge in [-0.05, 0) is 37.0 Å². The van der Waals surface area contributed by atoms with Crippen molar-refractivity contribution in [2.45, 2.75) is 32.4 Å². The Bertz CT molecular complexity index is 1220. The fourth-order valence-corrected chi connectivity index (χ4v) is 3.42. The van der Waals surface area contributed by atoms with Crippen molar-refractivity contribution in [3.63, 3.8) is 0 Å². The largest absolute Gasteiger partial charge is 0.473 e. The molecule has 9 heteroatoms. The monoisotopic (exact) mass is 438 g/mol. The van der Waals surface area contributed by atoms with Crippen molar-refractivity contribution < 1.29 is 18.3 Å². The molecule has 1 N–H and O–H groups in total. The van der Waals surface area contributed by atoms with E-state index in [1.165, 1.54) is 6.07 Å². The Kier molecular flexibility index (Phi) is 6.31. The lowest BCUT2D eigenvalue weighted by Gasteiger charge is -2.18. The molecule has 0 unspecified atom stereocenters. The summed E-state index contributed by atoms with van der Waals surface area (Å²) in [4.78, 5) is 16.3. The molecular weight excluding hydrogens is 418 g/mol. The van der Waals surface area contributed by atoms with Crippen LogP contribution in [0.1, 0.15) is 30.4 Å². The highest BCUT2D eigenvalue weighted by Crippen LogP contribution is 2.27. The molecule has 4 rings (SSSR count). The highest BCUT2D eigenvalue weighted by molar-refractivity contribution is 5.47. The average molecular weight is 438 g/mol. The van der Waals surface area contributed by atoms with Gasteiger partial charge in [0.25, 0.3) is 0 Å². The molecule has 1 aliphatic heterocycles. The van der Waals surface area contributed by atoms with E-state index >= 15 is 0 Å². The number of fused-ring (bicyclic) bond motifs is 1. The number of halogens is 2. The van der Waals surface area contributed by atoms with E-state index in [0.29, 0.717) is 17.9 Å². The molecule has 2 aromatic carbocycles. The van der Waals surface area contributed by atoms with E-state index in [1.807, 2.05) is 6.07 Å². The van der Waals surface area contributed by atoms with Gasteiger partial charge in [0.2, 0.25) is 5.88 Å². The van der Waals surface area contributed by atoms with Crippen LogP contribution in [0.15, 0.2) is 47.3 Å². The fraction of sp³-hybridized carbons (Fsp3) is 0.261. The van der Waals surface area contributed by atoms with Gasteiger partial charge in [0.05, 0.1) is 5.56 Å². The molecule has 0 bridgehead atoms. The van der Waals surface area contributed by atoms with E-state index < -0.39 is 11.6 Å². The van der Waals surface area contributed by atoms with Crippen LogP contribution in [0.5, 0.6) is 17.4 Å². The SMILES string of the molecule is N#Cc1cc(COc2cc3n(c(=O)n2)CCCCCN3)ccc1Oc1cc(F)cc(F)c1. The van der Waals surface area contributed by atoms with Crippen molar-refractivity contribution in [1.29, 1.82) is 5.26 Å². The van der Waals surface area contributed by atoms with Crippen LogP contribution >= 0.6 is 0 Å². The van der Waals surface area contributed by atoms with Gasteiger partial charge in [-0.25, -0.2) is 13.6 Å². The van der Waals surface area contributed by atoms with Crippen LogP contribution in [0.25, 0.3) is 0 Å². The molecule has 1 aliphatic rings. The molecule has 1 aromatic heterocycles. The summed E-state index contributed by atoms with van der Waals surface area (Å²) in [5.74, 6) is -0.605. The Balaban J connectivity index is 1.49. The normalized spacial score (nSPS) is 13.2. The van der Waals surface area contributed by atoms with E-state index in [4.69, 9.17) is 9.47 Å². The summed E-state index contributed by atoms with van der Waals surface area (Å²) in [5.41, 5.74) is 0.431. The van der Waals surface area contributed by atoms with Crippen molar-refractivity contribution >= 4 is 5.82 Å². The van der Waals surface area contributed by atoms with E-state index in [1.54, 1.807) is 22.8 Å². The molecule has 0 saturated carbocycles. The molecule has 0 saturated heterocycles. The van der Waals surface area contributed by atoms with Gasteiger partial charge < -0.3 is 14.8 Å². The third kappa shape index (κ3) is 5.03. The minimum absolute atomic E-state index is 0.0547. The molecule has 3 aromatic rings. The molecular formula is C23H20F2N4O3. The van der Waals surface area contributed by atoms with E-state index in [2.05, 4.69) is 10.3 Å². The molecule has 0 spiro atoms. The van der Waals surface area contributed by atoms with Crippen LogP contribution in [0, 0.1) is 23.0 Å². The Hall–Kier alpha value is -3.93. The molecule has 0 amide bonds. The lowest BCUT2D eigenvalue weighted by molar-refractivity contribution is 0.291. The van der Waals surface area contributed by atoms with Crippen molar-refractivity contribution in [3.8, 4) is 23.4 Å². The highest BCUT2D eigenvalue weighted by atomic mass is 19.1. The maximum Gasteiger partial charge on any atom is 0.352 e. The summed E-state index contributed by atoms with van der Waals surface area (Å²) >= 11 is 0. The number of hydrogen-bond donors (Lipinski definition) is 1.